The molecule has 0 fully saturated rings. The van der Waals surface area contributed by atoms with Crippen LogP contribution in [0.25, 0.3) is 11.1 Å². The molecule has 0 saturated heterocycles. The molecular formula is C35H36N2O5. The number of esters is 1. The van der Waals surface area contributed by atoms with Gasteiger partial charge in [0.2, 0.25) is 0 Å². The molecule has 0 spiro atoms. The van der Waals surface area contributed by atoms with Crippen LogP contribution < -0.4 is 10.1 Å². The fraction of sp³-hybridized carbons (Fsp3) is 0.229. The Kier molecular flexibility index (Phi) is 10.1. The van der Waals surface area contributed by atoms with Gasteiger partial charge in [-0.2, -0.15) is 0 Å². The molecule has 0 aromatic heterocycles. The summed E-state index contributed by atoms with van der Waals surface area (Å²) in [4.78, 5) is 30.7. The molecule has 1 amide bonds. The van der Waals surface area contributed by atoms with Crippen molar-refractivity contribution in [2.45, 2.75) is 32.6 Å². The van der Waals surface area contributed by atoms with E-state index in [1.807, 2.05) is 54.6 Å². The van der Waals surface area contributed by atoms with E-state index in [0.29, 0.717) is 36.6 Å². The maximum absolute atomic E-state index is 13.0. The topological polar surface area (TPSA) is 86.2 Å². The fourth-order valence-corrected chi connectivity index (χ4v) is 4.18. The molecule has 0 aliphatic rings. The number of hydrogen-bond donors (Lipinski definition) is 1. The van der Waals surface area contributed by atoms with Gasteiger partial charge >= 0.3 is 5.97 Å². The van der Waals surface area contributed by atoms with Crippen LogP contribution in [0.4, 0.5) is 5.69 Å². The van der Waals surface area contributed by atoms with E-state index >= 15 is 0 Å². The van der Waals surface area contributed by atoms with Crippen LogP contribution in [0.15, 0.2) is 102 Å². The minimum atomic E-state index is -0.560. The third kappa shape index (κ3) is 8.30. The summed E-state index contributed by atoms with van der Waals surface area (Å²) in [6, 6.07) is 30.3. The number of nitrogens with one attached hydrogen (secondary N) is 1. The zero-order valence-corrected chi connectivity index (χ0v) is 24.4. The molecule has 0 atom stereocenters. The molecule has 1 N–H and O–H groups in total. The summed E-state index contributed by atoms with van der Waals surface area (Å²) in [6.45, 7) is 7.27. The van der Waals surface area contributed by atoms with Crippen LogP contribution in [-0.4, -0.2) is 38.4 Å². The SMILES string of the molecule is COC(=O)c1ccc(OCCCON=Cc2ccc(C(C)(C)C)cc2)cc1NC(=O)c1ccc(-c2ccccc2)cc1. The summed E-state index contributed by atoms with van der Waals surface area (Å²) in [5.74, 6) is -0.411. The minimum absolute atomic E-state index is 0.104. The number of nitrogens with zero attached hydrogens (tertiary/aromatic N) is 1. The number of benzene rings is 4. The number of rotatable bonds is 11. The van der Waals surface area contributed by atoms with Crippen molar-refractivity contribution in [1.29, 1.82) is 0 Å². The molecule has 7 heteroatoms. The van der Waals surface area contributed by atoms with Gasteiger partial charge in [0.25, 0.3) is 5.91 Å². The van der Waals surface area contributed by atoms with E-state index < -0.39 is 5.97 Å². The second-order valence-electron chi connectivity index (χ2n) is 10.7. The second-order valence-corrected chi connectivity index (χ2v) is 10.7. The molecule has 4 rings (SSSR count). The van der Waals surface area contributed by atoms with Gasteiger partial charge in [-0.3, -0.25) is 4.79 Å². The Morgan fingerprint density at radius 2 is 1.52 bits per heavy atom. The quantitative estimate of drug-likeness (QED) is 0.0882. The van der Waals surface area contributed by atoms with Crippen LogP contribution >= 0.6 is 0 Å². The molecular weight excluding hydrogens is 528 g/mol. The lowest BCUT2D eigenvalue weighted by atomic mass is 9.87. The highest BCUT2D eigenvalue weighted by Gasteiger charge is 2.17. The number of ether oxygens (including phenoxy) is 2. The highest BCUT2D eigenvalue weighted by atomic mass is 16.6. The van der Waals surface area contributed by atoms with Gasteiger partial charge in [-0.25, -0.2) is 4.79 Å². The normalized spacial score (nSPS) is 11.2. The number of carbonyl (C=O) groups excluding carboxylic acids is 2. The van der Waals surface area contributed by atoms with Crippen molar-refractivity contribution in [2.75, 3.05) is 25.6 Å². The Balaban J connectivity index is 1.31. The standard InChI is InChI=1S/C35H36N2O5/c1-35(2,3)29-17-11-25(12-18-29)24-36-42-22-8-21-41-30-19-20-31(34(39)40-4)32(23-30)37-33(38)28-15-13-27(14-16-28)26-9-6-5-7-10-26/h5-7,9-20,23-24H,8,21-22H2,1-4H3,(H,37,38). The van der Waals surface area contributed by atoms with Crippen molar-refractivity contribution in [1.82, 2.24) is 0 Å². The van der Waals surface area contributed by atoms with Crippen molar-refractivity contribution in [3.63, 3.8) is 0 Å². The van der Waals surface area contributed by atoms with Crippen LogP contribution in [0, 0.1) is 0 Å². The number of anilines is 1. The first-order valence-electron chi connectivity index (χ1n) is 13.8. The molecule has 0 aliphatic carbocycles. The molecule has 4 aromatic carbocycles. The maximum atomic E-state index is 13.0. The van der Waals surface area contributed by atoms with E-state index in [2.05, 4.69) is 43.4 Å². The first kappa shape index (κ1) is 30.1. The zero-order chi connectivity index (χ0) is 30.0. The monoisotopic (exact) mass is 564 g/mol. The highest BCUT2D eigenvalue weighted by Crippen LogP contribution is 2.26. The molecule has 0 aliphatic heterocycles. The number of carbonyl (C=O) groups is 2. The Morgan fingerprint density at radius 1 is 0.833 bits per heavy atom. The Bertz CT molecular complexity index is 1510. The zero-order valence-electron chi connectivity index (χ0n) is 24.4. The molecule has 42 heavy (non-hydrogen) atoms. The minimum Gasteiger partial charge on any atom is -0.493 e. The van der Waals surface area contributed by atoms with Gasteiger partial charge in [-0.05, 0) is 51.9 Å². The number of amides is 1. The van der Waals surface area contributed by atoms with E-state index in [0.717, 1.165) is 16.7 Å². The van der Waals surface area contributed by atoms with Gasteiger partial charge in [0.15, 0.2) is 0 Å². The smallest absolute Gasteiger partial charge is 0.339 e. The summed E-state index contributed by atoms with van der Waals surface area (Å²) in [7, 11) is 1.30. The van der Waals surface area contributed by atoms with Crippen molar-refractivity contribution in [3.05, 3.63) is 119 Å². The summed E-state index contributed by atoms with van der Waals surface area (Å²) in [5.41, 5.74) is 5.38. The molecule has 0 saturated carbocycles. The van der Waals surface area contributed by atoms with Crippen LogP contribution in [0.3, 0.4) is 0 Å². The van der Waals surface area contributed by atoms with Gasteiger partial charge in [0.1, 0.15) is 12.4 Å². The lowest BCUT2D eigenvalue weighted by molar-refractivity contribution is 0.0602. The fourth-order valence-electron chi connectivity index (χ4n) is 4.18. The van der Waals surface area contributed by atoms with Crippen LogP contribution in [0.2, 0.25) is 0 Å². The van der Waals surface area contributed by atoms with Crippen LogP contribution in [0.1, 0.15) is 59.0 Å². The van der Waals surface area contributed by atoms with E-state index in [9.17, 15) is 9.59 Å². The summed E-state index contributed by atoms with van der Waals surface area (Å²) < 4.78 is 10.7. The van der Waals surface area contributed by atoms with Gasteiger partial charge < -0.3 is 19.6 Å². The maximum Gasteiger partial charge on any atom is 0.339 e. The molecule has 4 aromatic rings. The summed E-state index contributed by atoms with van der Waals surface area (Å²) in [6.07, 6.45) is 2.28. The first-order chi connectivity index (χ1) is 20.2. The Morgan fingerprint density at radius 3 is 2.19 bits per heavy atom. The average molecular weight is 565 g/mol. The summed E-state index contributed by atoms with van der Waals surface area (Å²) in [5, 5.41) is 6.86. The first-order valence-corrected chi connectivity index (χ1v) is 13.8. The molecule has 216 valence electrons. The van der Waals surface area contributed by atoms with Crippen molar-refractivity contribution >= 4 is 23.8 Å². The van der Waals surface area contributed by atoms with E-state index in [-0.39, 0.29) is 16.9 Å². The number of oxime groups is 1. The van der Waals surface area contributed by atoms with Crippen molar-refractivity contribution in [3.8, 4) is 16.9 Å². The highest BCUT2D eigenvalue weighted by molar-refractivity contribution is 6.08. The Labute approximate surface area is 247 Å². The van der Waals surface area contributed by atoms with Crippen LogP contribution in [-0.2, 0) is 15.0 Å². The summed E-state index contributed by atoms with van der Waals surface area (Å²) >= 11 is 0. The van der Waals surface area contributed by atoms with E-state index in [1.54, 1.807) is 36.5 Å². The van der Waals surface area contributed by atoms with Crippen molar-refractivity contribution in [2.24, 2.45) is 5.16 Å². The van der Waals surface area contributed by atoms with Gasteiger partial charge in [0, 0.05) is 18.1 Å². The van der Waals surface area contributed by atoms with Crippen molar-refractivity contribution < 1.29 is 23.9 Å². The molecule has 7 nitrogen and oxygen atoms in total. The van der Waals surface area contributed by atoms with Crippen LogP contribution in [0.5, 0.6) is 5.75 Å². The average Bonchev–Trinajstić information content (AvgIpc) is 3.00. The molecule has 0 bridgehead atoms. The molecule has 0 heterocycles. The third-order valence-electron chi connectivity index (χ3n) is 6.60. The predicted octanol–water partition coefficient (Wildman–Crippen LogP) is 7.51. The Hall–Kier alpha value is -4.91. The second kappa shape index (κ2) is 14.1. The predicted molar refractivity (Wildman–Crippen MR) is 166 cm³/mol. The van der Waals surface area contributed by atoms with E-state index in [4.69, 9.17) is 14.3 Å². The number of hydrogen-bond acceptors (Lipinski definition) is 6. The largest absolute Gasteiger partial charge is 0.493 e. The third-order valence-corrected chi connectivity index (χ3v) is 6.60. The number of methoxy groups -OCH3 is 1. The van der Waals surface area contributed by atoms with Gasteiger partial charge in [-0.1, -0.05) is 92.7 Å². The lowest BCUT2D eigenvalue weighted by Gasteiger charge is -2.18. The molecule has 0 radical (unpaired) electrons. The van der Waals surface area contributed by atoms with E-state index in [1.165, 1.54) is 12.7 Å². The van der Waals surface area contributed by atoms with Gasteiger partial charge in [-0.15, -0.1) is 0 Å². The molecule has 0 unspecified atom stereocenters. The lowest BCUT2D eigenvalue weighted by Crippen LogP contribution is -2.15. The van der Waals surface area contributed by atoms with Gasteiger partial charge in [0.05, 0.1) is 31.2 Å².